The first-order valence-electron chi connectivity index (χ1n) is 7.28. The molecule has 0 amide bonds. The number of rotatable bonds is 4. The molecule has 3 nitrogen and oxygen atoms in total. The monoisotopic (exact) mass is 257 g/mol. The Bertz CT molecular complexity index is 579. The minimum atomic E-state index is 0.435. The molecule has 0 unspecified atom stereocenters. The maximum atomic E-state index is 6.16. The summed E-state index contributed by atoms with van der Waals surface area (Å²) in [5, 5.41) is 4.94. The average molecular weight is 257 g/mol. The zero-order chi connectivity index (χ0) is 13.4. The lowest BCUT2D eigenvalue weighted by atomic mass is 9.93. The second-order valence-corrected chi connectivity index (χ2v) is 5.91. The molecule has 1 aromatic carbocycles. The third-order valence-electron chi connectivity index (χ3n) is 4.21. The fourth-order valence-electron chi connectivity index (χ4n) is 2.83. The molecular formula is C16H23N3. The van der Waals surface area contributed by atoms with Gasteiger partial charge in [0.1, 0.15) is 0 Å². The second kappa shape index (κ2) is 4.89. The number of anilines is 1. The first kappa shape index (κ1) is 12.5. The van der Waals surface area contributed by atoms with Crippen LogP contribution in [0, 0.1) is 0 Å². The van der Waals surface area contributed by atoms with Gasteiger partial charge in [-0.2, -0.15) is 0 Å². The molecule has 1 saturated carbocycles. The Hall–Kier alpha value is -1.48. The molecule has 0 saturated heterocycles. The number of aromatic nitrogens is 1. The number of hydrogen-bond acceptors (Lipinski definition) is 2. The topological polar surface area (TPSA) is 43.0 Å². The van der Waals surface area contributed by atoms with Crippen molar-refractivity contribution in [1.82, 2.24) is 9.88 Å². The van der Waals surface area contributed by atoms with Gasteiger partial charge in [0, 0.05) is 30.2 Å². The van der Waals surface area contributed by atoms with E-state index in [1.54, 1.807) is 0 Å². The normalized spacial score (nSPS) is 16.2. The van der Waals surface area contributed by atoms with E-state index in [0.717, 1.165) is 18.3 Å². The van der Waals surface area contributed by atoms with E-state index >= 15 is 0 Å². The molecule has 0 spiro atoms. The summed E-state index contributed by atoms with van der Waals surface area (Å²) in [6.45, 7) is 5.36. The van der Waals surface area contributed by atoms with Crippen molar-refractivity contribution in [2.24, 2.45) is 0 Å². The fraction of sp³-hybridized carbons (Fsp3) is 0.500. The number of para-hydroxylation sites is 1. The van der Waals surface area contributed by atoms with Crippen LogP contribution in [0.5, 0.6) is 0 Å². The van der Waals surface area contributed by atoms with Gasteiger partial charge in [0.15, 0.2) is 0 Å². The zero-order valence-electron chi connectivity index (χ0n) is 11.8. The molecule has 1 aromatic heterocycles. The Labute approximate surface area is 114 Å². The summed E-state index contributed by atoms with van der Waals surface area (Å²) in [5.41, 5.74) is 9.58. The summed E-state index contributed by atoms with van der Waals surface area (Å²) in [7, 11) is 0. The minimum absolute atomic E-state index is 0.435. The molecule has 3 N–H and O–H groups in total. The molecule has 3 heteroatoms. The molecule has 1 fully saturated rings. The molecule has 19 heavy (non-hydrogen) atoms. The predicted molar refractivity (Wildman–Crippen MR) is 81.2 cm³/mol. The Morgan fingerprint density at radius 3 is 2.79 bits per heavy atom. The largest absolute Gasteiger partial charge is 0.397 e. The number of nitrogens with zero attached hydrogens (tertiary/aromatic N) is 1. The van der Waals surface area contributed by atoms with Crippen LogP contribution in [0.4, 0.5) is 5.69 Å². The van der Waals surface area contributed by atoms with Gasteiger partial charge in [-0.1, -0.05) is 18.6 Å². The molecule has 1 heterocycles. The predicted octanol–water partition coefficient (Wildman–Crippen LogP) is 3.45. The van der Waals surface area contributed by atoms with E-state index in [2.05, 4.69) is 42.1 Å². The van der Waals surface area contributed by atoms with E-state index in [0.29, 0.717) is 6.04 Å². The van der Waals surface area contributed by atoms with Crippen molar-refractivity contribution in [2.75, 3.05) is 5.73 Å². The second-order valence-electron chi connectivity index (χ2n) is 5.91. The number of nitrogens with two attached hydrogens (primary N) is 1. The summed E-state index contributed by atoms with van der Waals surface area (Å²) >= 11 is 0. The molecule has 0 atom stereocenters. The summed E-state index contributed by atoms with van der Waals surface area (Å²) in [6, 6.07) is 7.38. The lowest BCUT2D eigenvalue weighted by Crippen LogP contribution is -2.34. The lowest BCUT2D eigenvalue weighted by molar-refractivity contribution is 0.338. The van der Waals surface area contributed by atoms with Gasteiger partial charge in [0.05, 0.1) is 11.2 Å². The van der Waals surface area contributed by atoms with Gasteiger partial charge in [-0.15, -0.1) is 0 Å². The zero-order valence-corrected chi connectivity index (χ0v) is 11.8. The molecule has 1 aliphatic rings. The van der Waals surface area contributed by atoms with Crippen LogP contribution in [0.15, 0.2) is 24.4 Å². The number of hydrogen-bond donors (Lipinski definition) is 2. The van der Waals surface area contributed by atoms with Gasteiger partial charge in [-0.3, -0.25) is 0 Å². The number of nitrogen functional groups attached to an aromatic ring is 1. The van der Waals surface area contributed by atoms with Crippen LogP contribution in [0.2, 0.25) is 0 Å². The molecule has 1 aliphatic carbocycles. The van der Waals surface area contributed by atoms with Gasteiger partial charge in [-0.25, -0.2) is 0 Å². The summed E-state index contributed by atoms with van der Waals surface area (Å²) in [5.74, 6) is 0. The quantitative estimate of drug-likeness (QED) is 0.824. The Morgan fingerprint density at radius 2 is 2.16 bits per heavy atom. The number of benzene rings is 1. The lowest BCUT2D eigenvalue weighted by Gasteiger charge is -2.26. The molecule has 3 rings (SSSR count). The first-order chi connectivity index (χ1) is 9.16. The molecule has 0 bridgehead atoms. The van der Waals surface area contributed by atoms with Crippen molar-refractivity contribution in [1.29, 1.82) is 0 Å². The first-order valence-corrected chi connectivity index (χ1v) is 7.28. The van der Waals surface area contributed by atoms with Crippen LogP contribution in [0.25, 0.3) is 10.9 Å². The van der Waals surface area contributed by atoms with Crippen LogP contribution in [0.3, 0.4) is 0 Å². The molecule has 2 aromatic rings. The van der Waals surface area contributed by atoms with Gasteiger partial charge < -0.3 is 15.6 Å². The highest BCUT2D eigenvalue weighted by Gasteiger charge is 2.18. The molecule has 0 radical (unpaired) electrons. The number of fused-ring (bicyclic) bond motifs is 1. The van der Waals surface area contributed by atoms with Gasteiger partial charge in [0.25, 0.3) is 0 Å². The molecule has 102 valence electrons. The summed E-state index contributed by atoms with van der Waals surface area (Å²) in [4.78, 5) is 0. The highest BCUT2D eigenvalue weighted by atomic mass is 15.0. The maximum absolute atomic E-state index is 6.16. The van der Waals surface area contributed by atoms with Crippen molar-refractivity contribution < 1.29 is 0 Å². The van der Waals surface area contributed by atoms with E-state index in [4.69, 9.17) is 5.73 Å². The Balaban J connectivity index is 1.96. The Kier molecular flexibility index (Phi) is 3.23. The standard InChI is InChI=1S/C16H23N3/c1-11(2)19-10-12(9-18-13-5-3-6-13)14-7-4-8-15(17)16(14)19/h4,7-8,10-11,13,18H,3,5-6,9,17H2,1-2H3. The fourth-order valence-corrected chi connectivity index (χ4v) is 2.83. The van der Waals surface area contributed by atoms with E-state index in [9.17, 15) is 0 Å². The van der Waals surface area contributed by atoms with Crippen LogP contribution in [0.1, 0.15) is 44.7 Å². The van der Waals surface area contributed by atoms with E-state index in [1.165, 1.54) is 35.7 Å². The molecular weight excluding hydrogens is 234 g/mol. The highest BCUT2D eigenvalue weighted by Crippen LogP contribution is 2.29. The van der Waals surface area contributed by atoms with Crippen LogP contribution in [-0.2, 0) is 6.54 Å². The summed E-state index contributed by atoms with van der Waals surface area (Å²) in [6.07, 6.45) is 6.28. The smallest absolute Gasteiger partial charge is 0.0719 e. The summed E-state index contributed by atoms with van der Waals surface area (Å²) < 4.78 is 2.29. The van der Waals surface area contributed by atoms with Crippen molar-refractivity contribution in [3.05, 3.63) is 30.0 Å². The van der Waals surface area contributed by atoms with Crippen LogP contribution in [-0.4, -0.2) is 10.6 Å². The van der Waals surface area contributed by atoms with Gasteiger partial charge in [-0.05, 0) is 38.3 Å². The molecule has 0 aliphatic heterocycles. The van der Waals surface area contributed by atoms with E-state index in [-0.39, 0.29) is 0 Å². The number of nitrogens with one attached hydrogen (secondary N) is 1. The van der Waals surface area contributed by atoms with E-state index < -0.39 is 0 Å². The van der Waals surface area contributed by atoms with Gasteiger partial charge >= 0.3 is 0 Å². The van der Waals surface area contributed by atoms with Crippen molar-refractivity contribution in [3.63, 3.8) is 0 Å². The van der Waals surface area contributed by atoms with Crippen molar-refractivity contribution in [3.8, 4) is 0 Å². The highest BCUT2D eigenvalue weighted by molar-refractivity contribution is 5.93. The van der Waals surface area contributed by atoms with Crippen molar-refractivity contribution in [2.45, 2.75) is 51.7 Å². The minimum Gasteiger partial charge on any atom is -0.397 e. The van der Waals surface area contributed by atoms with Crippen molar-refractivity contribution >= 4 is 16.6 Å². The third kappa shape index (κ3) is 2.23. The van der Waals surface area contributed by atoms with Crippen LogP contribution < -0.4 is 11.1 Å². The SMILES string of the molecule is CC(C)n1cc(CNC2CCC2)c2cccc(N)c21. The third-order valence-corrected chi connectivity index (χ3v) is 4.21. The van der Waals surface area contributed by atoms with E-state index in [1.807, 2.05) is 6.07 Å². The maximum Gasteiger partial charge on any atom is 0.0719 e. The Morgan fingerprint density at radius 1 is 1.37 bits per heavy atom. The van der Waals surface area contributed by atoms with Crippen LogP contribution >= 0.6 is 0 Å². The average Bonchev–Trinajstić information content (AvgIpc) is 2.68. The van der Waals surface area contributed by atoms with Gasteiger partial charge in [0.2, 0.25) is 0 Å².